The highest BCUT2D eigenvalue weighted by molar-refractivity contribution is 6.10. The molecule has 0 unspecified atom stereocenters. The van der Waals surface area contributed by atoms with Crippen molar-refractivity contribution in [3.05, 3.63) is 76.6 Å². The van der Waals surface area contributed by atoms with Crippen LogP contribution in [0.5, 0.6) is 0 Å². The number of benzene rings is 1. The number of hydrogen-bond acceptors (Lipinski definition) is 4. The van der Waals surface area contributed by atoms with Crippen LogP contribution in [0.25, 0.3) is 5.52 Å². The molecule has 0 radical (unpaired) electrons. The summed E-state index contributed by atoms with van der Waals surface area (Å²) in [5.41, 5.74) is 4.52. The summed E-state index contributed by atoms with van der Waals surface area (Å²) in [6, 6.07) is 13.7. The molecule has 2 aromatic heterocycles. The van der Waals surface area contributed by atoms with Crippen LogP contribution in [0.3, 0.4) is 0 Å². The number of aromatic nitrogens is 1. The number of carboxylic acids is 1. The van der Waals surface area contributed by atoms with E-state index in [1.165, 1.54) is 42.6 Å². The number of nitrogens with one attached hydrogen (secondary N) is 1. The third kappa shape index (κ3) is 6.95. The van der Waals surface area contributed by atoms with Crippen molar-refractivity contribution in [2.45, 2.75) is 84.2 Å². The van der Waals surface area contributed by atoms with Crippen molar-refractivity contribution in [1.82, 2.24) is 14.6 Å². The van der Waals surface area contributed by atoms with Gasteiger partial charge >= 0.3 is 5.97 Å². The normalized spacial score (nSPS) is 14.2. The van der Waals surface area contributed by atoms with E-state index in [1.807, 2.05) is 29.5 Å². The van der Waals surface area contributed by atoms with Crippen LogP contribution < -0.4 is 5.32 Å². The first-order valence-electron chi connectivity index (χ1n) is 14.3. The van der Waals surface area contributed by atoms with Gasteiger partial charge in [0.1, 0.15) is 6.54 Å². The van der Waals surface area contributed by atoms with Crippen LogP contribution in [-0.4, -0.2) is 57.2 Å². The first-order chi connectivity index (χ1) is 18.8. The summed E-state index contributed by atoms with van der Waals surface area (Å²) in [4.78, 5) is 39.3. The molecule has 39 heavy (non-hydrogen) atoms. The molecular weight excluding hydrogens is 490 g/mol. The molecule has 7 nitrogen and oxygen atoms in total. The summed E-state index contributed by atoms with van der Waals surface area (Å²) in [5.74, 6) is -1.44. The van der Waals surface area contributed by atoms with Gasteiger partial charge in [-0.05, 0) is 81.8 Å². The van der Waals surface area contributed by atoms with Gasteiger partial charge in [0.15, 0.2) is 0 Å². The van der Waals surface area contributed by atoms with Gasteiger partial charge in [-0.3, -0.25) is 14.4 Å². The molecule has 1 aromatic carbocycles. The SMILES string of the molecule is CCc1cc2cc(C(=O)N(CC(=O)O)C(C)C)ccn2c1C(=O)c1ccc(CCCNC2CCCCC2)cc1. The van der Waals surface area contributed by atoms with Crippen molar-refractivity contribution in [3.8, 4) is 0 Å². The lowest BCUT2D eigenvalue weighted by Gasteiger charge is -2.25. The second kappa shape index (κ2) is 13.1. The van der Waals surface area contributed by atoms with Crippen molar-refractivity contribution in [2.75, 3.05) is 13.1 Å². The fraction of sp³-hybridized carbons (Fsp3) is 0.469. The van der Waals surface area contributed by atoms with Gasteiger partial charge in [-0.25, -0.2) is 0 Å². The largest absolute Gasteiger partial charge is 0.480 e. The maximum atomic E-state index is 13.6. The molecule has 0 saturated heterocycles. The number of carboxylic acid groups (broad SMARTS) is 1. The first kappa shape index (κ1) is 28.6. The highest BCUT2D eigenvalue weighted by Crippen LogP contribution is 2.23. The molecule has 4 rings (SSSR count). The molecule has 1 saturated carbocycles. The van der Waals surface area contributed by atoms with Gasteiger partial charge in [-0.15, -0.1) is 0 Å². The van der Waals surface area contributed by atoms with Crippen LogP contribution in [0.1, 0.15) is 96.8 Å². The van der Waals surface area contributed by atoms with E-state index in [2.05, 4.69) is 17.4 Å². The number of hydrogen-bond donors (Lipinski definition) is 2. The molecule has 0 spiro atoms. The highest BCUT2D eigenvalue weighted by atomic mass is 16.4. The summed E-state index contributed by atoms with van der Waals surface area (Å²) < 4.78 is 1.83. The van der Waals surface area contributed by atoms with E-state index in [0.29, 0.717) is 29.3 Å². The van der Waals surface area contributed by atoms with Crippen LogP contribution in [0.4, 0.5) is 0 Å². The van der Waals surface area contributed by atoms with Crippen molar-refractivity contribution >= 4 is 23.2 Å². The molecule has 1 aliphatic rings. The lowest BCUT2D eigenvalue weighted by Crippen LogP contribution is -2.40. The Morgan fingerprint density at radius 1 is 1.03 bits per heavy atom. The number of aryl methyl sites for hydroxylation is 2. The van der Waals surface area contributed by atoms with E-state index in [0.717, 1.165) is 30.5 Å². The summed E-state index contributed by atoms with van der Waals surface area (Å²) in [5, 5.41) is 12.9. The van der Waals surface area contributed by atoms with Crippen LogP contribution in [0, 0.1) is 0 Å². The molecular formula is C32H41N3O4. The summed E-state index contributed by atoms with van der Waals surface area (Å²) in [6.07, 6.45) is 11.1. The third-order valence-electron chi connectivity index (χ3n) is 7.78. The number of fused-ring (bicyclic) bond motifs is 1. The van der Waals surface area contributed by atoms with Crippen LogP contribution in [0.15, 0.2) is 48.7 Å². The zero-order valence-corrected chi connectivity index (χ0v) is 23.4. The Morgan fingerprint density at radius 3 is 2.38 bits per heavy atom. The lowest BCUT2D eigenvalue weighted by atomic mass is 9.95. The Morgan fingerprint density at radius 2 is 1.74 bits per heavy atom. The Bertz CT molecular complexity index is 1300. The Hall–Kier alpha value is -3.45. The number of rotatable bonds is 12. The smallest absolute Gasteiger partial charge is 0.323 e. The first-order valence-corrected chi connectivity index (χ1v) is 14.3. The fourth-order valence-electron chi connectivity index (χ4n) is 5.56. The number of aliphatic carboxylic acids is 1. The van der Waals surface area contributed by atoms with Gasteiger partial charge in [0, 0.05) is 34.9 Å². The highest BCUT2D eigenvalue weighted by Gasteiger charge is 2.23. The molecule has 208 valence electrons. The minimum atomic E-state index is -1.05. The molecule has 2 heterocycles. The molecule has 1 aliphatic carbocycles. The van der Waals surface area contributed by atoms with E-state index in [4.69, 9.17) is 0 Å². The number of carbonyl (C=O) groups excluding carboxylic acids is 2. The molecule has 1 fully saturated rings. The molecule has 3 aromatic rings. The van der Waals surface area contributed by atoms with Gasteiger partial charge in [-0.2, -0.15) is 0 Å². The maximum absolute atomic E-state index is 13.6. The van der Waals surface area contributed by atoms with Gasteiger partial charge in [0.05, 0.1) is 5.69 Å². The van der Waals surface area contributed by atoms with Crippen molar-refractivity contribution < 1.29 is 19.5 Å². The van der Waals surface area contributed by atoms with Crippen molar-refractivity contribution in [3.63, 3.8) is 0 Å². The van der Waals surface area contributed by atoms with Gasteiger partial charge in [0.2, 0.25) is 5.78 Å². The van der Waals surface area contributed by atoms with Gasteiger partial charge in [0.25, 0.3) is 5.91 Å². The molecule has 0 aliphatic heterocycles. The Kier molecular flexibility index (Phi) is 9.57. The fourth-order valence-corrected chi connectivity index (χ4v) is 5.56. The second-order valence-corrected chi connectivity index (χ2v) is 10.9. The van der Waals surface area contributed by atoms with Crippen molar-refractivity contribution in [2.24, 2.45) is 0 Å². The van der Waals surface area contributed by atoms with Crippen LogP contribution >= 0.6 is 0 Å². The number of amides is 1. The van der Waals surface area contributed by atoms with E-state index >= 15 is 0 Å². The summed E-state index contributed by atoms with van der Waals surface area (Å²) in [7, 11) is 0. The quantitative estimate of drug-likeness (QED) is 0.237. The second-order valence-electron chi connectivity index (χ2n) is 10.9. The minimum Gasteiger partial charge on any atom is -0.480 e. The zero-order chi connectivity index (χ0) is 27.9. The van der Waals surface area contributed by atoms with Gasteiger partial charge in [-0.1, -0.05) is 50.5 Å². The number of ketones is 1. The van der Waals surface area contributed by atoms with E-state index < -0.39 is 5.97 Å². The minimum absolute atomic E-state index is 0.0499. The van der Waals surface area contributed by atoms with Gasteiger partial charge < -0.3 is 19.7 Å². The molecule has 2 N–H and O–H groups in total. The molecule has 0 atom stereocenters. The molecule has 0 bridgehead atoms. The number of pyridine rings is 1. The topological polar surface area (TPSA) is 91.1 Å². The Balaban J connectivity index is 1.47. The average Bonchev–Trinajstić information content (AvgIpc) is 3.32. The van der Waals surface area contributed by atoms with E-state index in [9.17, 15) is 19.5 Å². The number of carbonyl (C=O) groups is 3. The van der Waals surface area contributed by atoms with Crippen molar-refractivity contribution in [1.29, 1.82) is 0 Å². The standard InChI is InChI=1S/C32H41N3O4/c1-4-24-19-28-20-26(32(39)35(22(2)3)21-29(36)37)16-18-34(28)30(24)31(38)25-14-12-23(13-15-25)9-8-17-33-27-10-6-5-7-11-27/h12-16,18-20,22,27,33H,4-11,17,21H2,1-3H3,(H,36,37). The predicted octanol–water partition coefficient (Wildman–Crippen LogP) is 5.52. The maximum Gasteiger partial charge on any atom is 0.323 e. The number of nitrogens with zero attached hydrogens (tertiary/aromatic N) is 2. The van der Waals surface area contributed by atoms with E-state index in [-0.39, 0.29) is 24.3 Å². The third-order valence-corrected chi connectivity index (χ3v) is 7.78. The van der Waals surface area contributed by atoms with E-state index in [1.54, 1.807) is 32.2 Å². The Labute approximate surface area is 231 Å². The zero-order valence-electron chi connectivity index (χ0n) is 23.4. The summed E-state index contributed by atoms with van der Waals surface area (Å²) in [6.45, 7) is 6.26. The monoisotopic (exact) mass is 531 g/mol. The van der Waals surface area contributed by atoms with Crippen LogP contribution in [0.2, 0.25) is 0 Å². The summed E-state index contributed by atoms with van der Waals surface area (Å²) >= 11 is 0. The lowest BCUT2D eigenvalue weighted by molar-refractivity contribution is -0.138. The average molecular weight is 532 g/mol. The van der Waals surface area contributed by atoms with Crippen LogP contribution in [-0.2, 0) is 17.6 Å². The molecule has 1 amide bonds. The predicted molar refractivity (Wildman–Crippen MR) is 154 cm³/mol. The molecule has 7 heteroatoms.